The third-order valence-corrected chi connectivity index (χ3v) is 5.84. The second-order valence-corrected chi connectivity index (χ2v) is 8.66. The van der Waals surface area contributed by atoms with Crippen LogP contribution < -0.4 is 15.0 Å². The fraction of sp³-hybridized carbons (Fsp3) is 0.0417. The molecule has 166 valence electrons. The number of carbonyl (C=O) groups excluding carboxylic acids is 2. The van der Waals surface area contributed by atoms with Crippen LogP contribution in [0.1, 0.15) is 11.1 Å². The summed E-state index contributed by atoms with van der Waals surface area (Å²) >= 11 is 23.9. The van der Waals surface area contributed by atoms with Crippen LogP contribution in [0.3, 0.4) is 0 Å². The Morgan fingerprint density at radius 1 is 0.939 bits per heavy atom. The molecule has 0 bridgehead atoms. The van der Waals surface area contributed by atoms with Gasteiger partial charge in [0.2, 0.25) is 0 Å². The van der Waals surface area contributed by atoms with Gasteiger partial charge in [0.05, 0.1) is 15.7 Å². The van der Waals surface area contributed by atoms with Gasteiger partial charge in [0.25, 0.3) is 11.8 Å². The highest BCUT2D eigenvalue weighted by atomic mass is 35.5. The van der Waals surface area contributed by atoms with Crippen molar-refractivity contribution in [2.45, 2.75) is 6.61 Å². The number of rotatable bonds is 5. The number of benzene rings is 3. The molecule has 4 rings (SSSR count). The van der Waals surface area contributed by atoms with Crippen molar-refractivity contribution in [3.05, 3.63) is 98.5 Å². The predicted molar refractivity (Wildman–Crippen MR) is 135 cm³/mol. The standard InChI is InChI=1S/C24H15Cl3N2O3S/c25-16-6-8-17(9-7-16)29-23(31)18(22(30)28-24(29)33)10-15-11-19(26)21(20(27)12-15)32-13-14-4-2-1-3-5-14/h1-12H,13H2,(H,28,30,33)/b18-10+. The Bertz CT molecular complexity index is 1250. The van der Waals surface area contributed by atoms with Crippen molar-refractivity contribution >= 4 is 75.7 Å². The Balaban J connectivity index is 1.61. The Labute approximate surface area is 210 Å². The molecule has 0 aromatic heterocycles. The summed E-state index contributed by atoms with van der Waals surface area (Å²) in [6, 6.07) is 19.2. The van der Waals surface area contributed by atoms with Crippen LogP contribution in [-0.2, 0) is 16.2 Å². The quantitative estimate of drug-likeness (QED) is 0.254. The van der Waals surface area contributed by atoms with Gasteiger partial charge in [-0.05, 0) is 65.8 Å². The van der Waals surface area contributed by atoms with Crippen LogP contribution in [-0.4, -0.2) is 16.9 Å². The number of anilines is 1. The summed E-state index contributed by atoms with van der Waals surface area (Å²) in [6.07, 6.45) is 1.40. The molecule has 0 spiro atoms. The Morgan fingerprint density at radius 3 is 2.21 bits per heavy atom. The van der Waals surface area contributed by atoms with E-state index in [1.807, 2.05) is 30.3 Å². The highest BCUT2D eigenvalue weighted by molar-refractivity contribution is 7.80. The molecule has 0 saturated carbocycles. The summed E-state index contributed by atoms with van der Waals surface area (Å²) in [6.45, 7) is 0.287. The minimum Gasteiger partial charge on any atom is -0.486 e. The van der Waals surface area contributed by atoms with Crippen LogP contribution in [0.4, 0.5) is 5.69 Å². The van der Waals surface area contributed by atoms with Crippen LogP contribution in [0.15, 0.2) is 72.3 Å². The fourth-order valence-corrected chi connectivity index (χ4v) is 4.20. The van der Waals surface area contributed by atoms with Crippen molar-refractivity contribution < 1.29 is 14.3 Å². The minimum absolute atomic E-state index is 0.0230. The molecule has 0 unspecified atom stereocenters. The van der Waals surface area contributed by atoms with Crippen molar-refractivity contribution in [2.24, 2.45) is 0 Å². The van der Waals surface area contributed by atoms with Gasteiger partial charge in [-0.25, -0.2) is 0 Å². The molecular weight excluding hydrogens is 503 g/mol. The summed E-state index contributed by atoms with van der Waals surface area (Å²) < 4.78 is 5.77. The lowest BCUT2D eigenvalue weighted by Crippen LogP contribution is -2.54. The largest absolute Gasteiger partial charge is 0.486 e. The van der Waals surface area contributed by atoms with E-state index in [1.165, 1.54) is 11.0 Å². The van der Waals surface area contributed by atoms with Crippen LogP contribution >= 0.6 is 47.0 Å². The van der Waals surface area contributed by atoms with E-state index in [4.69, 9.17) is 51.8 Å². The molecule has 1 fully saturated rings. The number of carbonyl (C=O) groups is 2. The van der Waals surface area contributed by atoms with E-state index in [2.05, 4.69) is 5.32 Å². The molecule has 3 aromatic rings. The second kappa shape index (κ2) is 9.93. The van der Waals surface area contributed by atoms with E-state index in [1.54, 1.807) is 36.4 Å². The Kier molecular flexibility index (Phi) is 7.00. The fourth-order valence-electron chi connectivity index (χ4n) is 3.18. The van der Waals surface area contributed by atoms with E-state index in [-0.39, 0.29) is 27.3 Å². The average Bonchev–Trinajstić information content (AvgIpc) is 2.78. The summed E-state index contributed by atoms with van der Waals surface area (Å²) in [4.78, 5) is 26.9. The molecule has 1 saturated heterocycles. The zero-order chi connectivity index (χ0) is 23.5. The first kappa shape index (κ1) is 23.3. The zero-order valence-corrected chi connectivity index (χ0v) is 19.9. The molecule has 0 aliphatic carbocycles. The maximum atomic E-state index is 13.1. The molecule has 1 N–H and O–H groups in total. The maximum absolute atomic E-state index is 13.1. The van der Waals surface area contributed by atoms with Crippen molar-refractivity contribution in [2.75, 3.05) is 4.90 Å². The molecule has 33 heavy (non-hydrogen) atoms. The predicted octanol–water partition coefficient (Wildman–Crippen LogP) is 6.06. The van der Waals surface area contributed by atoms with Crippen molar-refractivity contribution in [1.82, 2.24) is 5.32 Å². The van der Waals surface area contributed by atoms with Gasteiger partial charge in [0.15, 0.2) is 10.9 Å². The summed E-state index contributed by atoms with van der Waals surface area (Å²) in [5.74, 6) is -0.887. The first-order valence-electron chi connectivity index (χ1n) is 9.66. The number of hydrogen-bond acceptors (Lipinski definition) is 4. The van der Waals surface area contributed by atoms with Gasteiger partial charge < -0.3 is 4.74 Å². The van der Waals surface area contributed by atoms with Gasteiger partial charge in [-0.3, -0.25) is 19.8 Å². The molecule has 9 heteroatoms. The monoisotopic (exact) mass is 516 g/mol. The highest BCUT2D eigenvalue weighted by Gasteiger charge is 2.34. The number of hydrogen-bond donors (Lipinski definition) is 1. The van der Waals surface area contributed by atoms with E-state index >= 15 is 0 Å². The summed E-state index contributed by atoms with van der Waals surface area (Å²) in [5.41, 5.74) is 1.77. The number of amides is 2. The average molecular weight is 518 g/mol. The first-order valence-corrected chi connectivity index (χ1v) is 11.2. The molecule has 0 atom stereocenters. The summed E-state index contributed by atoms with van der Waals surface area (Å²) in [7, 11) is 0. The number of nitrogens with zero attached hydrogens (tertiary/aromatic N) is 1. The van der Waals surface area contributed by atoms with Crippen LogP contribution in [0.25, 0.3) is 6.08 Å². The lowest BCUT2D eigenvalue weighted by molar-refractivity contribution is -0.122. The minimum atomic E-state index is -0.619. The summed E-state index contributed by atoms with van der Waals surface area (Å²) in [5, 5.41) is 3.51. The van der Waals surface area contributed by atoms with Gasteiger partial charge in [-0.2, -0.15) is 0 Å². The highest BCUT2D eigenvalue weighted by Crippen LogP contribution is 2.36. The van der Waals surface area contributed by atoms with Gasteiger partial charge >= 0.3 is 0 Å². The van der Waals surface area contributed by atoms with E-state index in [0.717, 1.165) is 5.56 Å². The normalized spacial score (nSPS) is 15.1. The SMILES string of the molecule is O=C1NC(=S)N(c2ccc(Cl)cc2)C(=O)/C1=C/c1cc(Cl)c(OCc2ccccc2)c(Cl)c1. The molecule has 2 amide bonds. The number of nitrogens with one attached hydrogen (secondary N) is 1. The van der Waals surface area contributed by atoms with Gasteiger partial charge in [0, 0.05) is 5.02 Å². The molecule has 1 aliphatic heterocycles. The van der Waals surface area contributed by atoms with Crippen LogP contribution in [0.5, 0.6) is 5.75 Å². The number of thiocarbonyl (C=S) groups is 1. The Morgan fingerprint density at radius 2 is 1.58 bits per heavy atom. The molecule has 5 nitrogen and oxygen atoms in total. The molecular formula is C24H15Cl3N2O3S. The molecule has 1 heterocycles. The van der Waals surface area contributed by atoms with Crippen LogP contribution in [0, 0.1) is 0 Å². The molecule has 1 aliphatic rings. The number of ether oxygens (including phenoxy) is 1. The molecule has 0 radical (unpaired) electrons. The maximum Gasteiger partial charge on any atom is 0.270 e. The third kappa shape index (κ3) is 5.20. The lowest BCUT2D eigenvalue weighted by Gasteiger charge is -2.29. The lowest BCUT2D eigenvalue weighted by atomic mass is 10.1. The zero-order valence-electron chi connectivity index (χ0n) is 16.8. The van der Waals surface area contributed by atoms with Crippen molar-refractivity contribution in [1.29, 1.82) is 0 Å². The topological polar surface area (TPSA) is 58.6 Å². The van der Waals surface area contributed by atoms with E-state index in [9.17, 15) is 9.59 Å². The van der Waals surface area contributed by atoms with Gasteiger partial charge in [-0.15, -0.1) is 0 Å². The van der Waals surface area contributed by atoms with E-state index in [0.29, 0.717) is 22.0 Å². The Hall–Kier alpha value is -2.90. The van der Waals surface area contributed by atoms with Crippen molar-refractivity contribution in [3.63, 3.8) is 0 Å². The van der Waals surface area contributed by atoms with Crippen LogP contribution in [0.2, 0.25) is 15.1 Å². The third-order valence-electron chi connectivity index (χ3n) is 4.74. The van der Waals surface area contributed by atoms with Gasteiger partial charge in [0.1, 0.15) is 12.2 Å². The number of halogens is 3. The molecule has 3 aromatic carbocycles. The van der Waals surface area contributed by atoms with Crippen molar-refractivity contribution in [3.8, 4) is 5.75 Å². The first-order chi connectivity index (χ1) is 15.8. The second-order valence-electron chi connectivity index (χ2n) is 7.02. The smallest absolute Gasteiger partial charge is 0.270 e. The van der Waals surface area contributed by atoms with E-state index < -0.39 is 11.8 Å². The van der Waals surface area contributed by atoms with Gasteiger partial charge in [-0.1, -0.05) is 65.1 Å².